The highest BCUT2D eigenvalue weighted by molar-refractivity contribution is 9.10. The minimum absolute atomic E-state index is 0.209. The molecular weight excluding hydrogens is 280 g/mol. The molecule has 0 radical (unpaired) electrons. The van der Waals surface area contributed by atoms with Gasteiger partial charge in [0.05, 0.1) is 6.10 Å². The number of benzene rings is 1. The average Bonchev–Trinajstić information content (AvgIpc) is 2.82. The molecular formula is C14H17BrO2. The number of carbonyl (C=O) groups excluding carboxylic acids is 1. The first kappa shape index (κ1) is 12.8. The lowest BCUT2D eigenvalue weighted by atomic mass is 10.0. The number of Topliss-reactive ketones (excluding diaryl/α,β-unsaturated/α-hetero) is 1. The average molecular weight is 297 g/mol. The summed E-state index contributed by atoms with van der Waals surface area (Å²) in [5.41, 5.74) is 1.95. The van der Waals surface area contributed by atoms with E-state index in [0.717, 1.165) is 41.5 Å². The molecule has 3 heteroatoms. The minimum atomic E-state index is 0.209. The second-order valence-corrected chi connectivity index (χ2v) is 5.42. The van der Waals surface area contributed by atoms with E-state index < -0.39 is 0 Å². The predicted octanol–water partition coefficient (Wildman–Crippen LogP) is 3.90. The molecule has 2 nitrogen and oxygen atoms in total. The first-order valence-electron chi connectivity index (χ1n) is 6.08. The normalized spacial score (nSPS) is 19.5. The van der Waals surface area contributed by atoms with Gasteiger partial charge in [0.15, 0.2) is 5.78 Å². The minimum Gasteiger partial charge on any atom is -0.378 e. The van der Waals surface area contributed by atoms with Crippen LogP contribution in [0.4, 0.5) is 0 Å². The van der Waals surface area contributed by atoms with Crippen LogP contribution in [0.2, 0.25) is 0 Å². The monoisotopic (exact) mass is 296 g/mol. The standard InChI is InChI=1S/C14H17BrO2/c1-10-4-5-11(9-13(10)15)14(16)7-6-12-3-2-8-17-12/h4-5,9,12H,2-3,6-8H2,1H3. The molecule has 1 aromatic carbocycles. The van der Waals surface area contributed by atoms with Gasteiger partial charge in [-0.1, -0.05) is 28.1 Å². The van der Waals surface area contributed by atoms with Crippen LogP contribution in [0, 0.1) is 6.92 Å². The Balaban J connectivity index is 1.92. The van der Waals surface area contributed by atoms with Crippen molar-refractivity contribution in [1.82, 2.24) is 0 Å². The molecule has 0 N–H and O–H groups in total. The van der Waals surface area contributed by atoms with Gasteiger partial charge < -0.3 is 4.74 Å². The molecule has 1 aliphatic heterocycles. The Morgan fingerprint density at radius 3 is 3.00 bits per heavy atom. The summed E-state index contributed by atoms with van der Waals surface area (Å²) >= 11 is 3.45. The molecule has 0 amide bonds. The molecule has 0 aromatic heterocycles. The second kappa shape index (κ2) is 5.78. The summed E-state index contributed by atoms with van der Waals surface area (Å²) in [6.07, 6.45) is 3.97. The van der Waals surface area contributed by atoms with E-state index in [1.54, 1.807) is 0 Å². The lowest BCUT2D eigenvalue weighted by Crippen LogP contribution is -2.08. The summed E-state index contributed by atoms with van der Waals surface area (Å²) in [6.45, 7) is 2.87. The van der Waals surface area contributed by atoms with E-state index in [1.807, 2.05) is 25.1 Å². The number of ketones is 1. The molecule has 1 fully saturated rings. The van der Waals surface area contributed by atoms with Crippen molar-refractivity contribution in [3.8, 4) is 0 Å². The van der Waals surface area contributed by atoms with Crippen molar-refractivity contribution >= 4 is 21.7 Å². The Morgan fingerprint density at radius 1 is 1.53 bits per heavy atom. The fourth-order valence-corrected chi connectivity index (χ4v) is 2.45. The van der Waals surface area contributed by atoms with Gasteiger partial charge in [0.25, 0.3) is 0 Å². The Bertz CT molecular complexity index is 409. The maximum atomic E-state index is 12.0. The highest BCUT2D eigenvalue weighted by Gasteiger charge is 2.17. The molecule has 1 atom stereocenters. The predicted molar refractivity (Wildman–Crippen MR) is 71.4 cm³/mol. The van der Waals surface area contributed by atoms with Crippen molar-refractivity contribution in [2.24, 2.45) is 0 Å². The highest BCUT2D eigenvalue weighted by Crippen LogP contribution is 2.21. The summed E-state index contributed by atoms with van der Waals surface area (Å²) in [5, 5.41) is 0. The van der Waals surface area contributed by atoms with Crippen LogP contribution in [0.3, 0.4) is 0 Å². The molecule has 0 aliphatic carbocycles. The van der Waals surface area contributed by atoms with Gasteiger partial charge in [0.2, 0.25) is 0 Å². The highest BCUT2D eigenvalue weighted by atomic mass is 79.9. The number of hydrogen-bond donors (Lipinski definition) is 0. The fraction of sp³-hybridized carbons (Fsp3) is 0.500. The molecule has 1 aliphatic rings. The molecule has 1 aromatic rings. The Hall–Kier alpha value is -0.670. The van der Waals surface area contributed by atoms with Crippen molar-refractivity contribution in [1.29, 1.82) is 0 Å². The van der Waals surface area contributed by atoms with Gasteiger partial charge in [-0.25, -0.2) is 0 Å². The van der Waals surface area contributed by atoms with Crippen LogP contribution in [0.25, 0.3) is 0 Å². The molecule has 0 saturated carbocycles. The third kappa shape index (κ3) is 3.39. The van der Waals surface area contributed by atoms with Crippen LogP contribution in [0.15, 0.2) is 22.7 Å². The van der Waals surface area contributed by atoms with E-state index in [2.05, 4.69) is 15.9 Å². The maximum absolute atomic E-state index is 12.0. The molecule has 0 bridgehead atoms. The molecule has 92 valence electrons. The number of halogens is 1. The Morgan fingerprint density at radius 2 is 2.35 bits per heavy atom. The van der Waals surface area contributed by atoms with E-state index in [-0.39, 0.29) is 5.78 Å². The van der Waals surface area contributed by atoms with Crippen LogP contribution >= 0.6 is 15.9 Å². The SMILES string of the molecule is Cc1ccc(C(=O)CCC2CCCO2)cc1Br. The van der Waals surface area contributed by atoms with Crippen LogP contribution in [-0.2, 0) is 4.74 Å². The maximum Gasteiger partial charge on any atom is 0.163 e. The summed E-state index contributed by atoms with van der Waals surface area (Å²) in [5.74, 6) is 0.209. The van der Waals surface area contributed by atoms with E-state index in [1.165, 1.54) is 0 Å². The van der Waals surface area contributed by atoms with E-state index in [0.29, 0.717) is 12.5 Å². The van der Waals surface area contributed by atoms with Crippen molar-refractivity contribution in [2.45, 2.75) is 38.7 Å². The number of aryl methyl sites for hydroxylation is 1. The zero-order valence-corrected chi connectivity index (χ0v) is 11.6. The topological polar surface area (TPSA) is 26.3 Å². The van der Waals surface area contributed by atoms with Crippen molar-refractivity contribution in [3.63, 3.8) is 0 Å². The number of ether oxygens (including phenoxy) is 1. The molecule has 1 saturated heterocycles. The third-order valence-corrected chi connectivity index (χ3v) is 4.07. The van der Waals surface area contributed by atoms with Gasteiger partial charge in [-0.05, 0) is 37.8 Å². The lowest BCUT2D eigenvalue weighted by Gasteiger charge is -2.08. The second-order valence-electron chi connectivity index (χ2n) is 4.56. The summed E-state index contributed by atoms with van der Waals surface area (Å²) in [6, 6.07) is 5.79. The van der Waals surface area contributed by atoms with Gasteiger partial charge in [-0.3, -0.25) is 4.79 Å². The molecule has 17 heavy (non-hydrogen) atoms. The van der Waals surface area contributed by atoms with Crippen LogP contribution in [0.5, 0.6) is 0 Å². The van der Waals surface area contributed by atoms with Gasteiger partial charge in [-0.2, -0.15) is 0 Å². The third-order valence-electron chi connectivity index (χ3n) is 3.21. The molecule has 1 heterocycles. The zero-order valence-electron chi connectivity index (χ0n) is 10.0. The summed E-state index contributed by atoms with van der Waals surface area (Å²) in [4.78, 5) is 12.0. The Kier molecular flexibility index (Phi) is 4.35. The van der Waals surface area contributed by atoms with Crippen LogP contribution in [0.1, 0.15) is 41.6 Å². The quantitative estimate of drug-likeness (QED) is 0.788. The largest absolute Gasteiger partial charge is 0.378 e. The number of hydrogen-bond acceptors (Lipinski definition) is 2. The van der Waals surface area contributed by atoms with E-state index >= 15 is 0 Å². The van der Waals surface area contributed by atoms with E-state index in [4.69, 9.17) is 4.74 Å². The van der Waals surface area contributed by atoms with Gasteiger partial charge in [0, 0.05) is 23.1 Å². The molecule has 0 spiro atoms. The smallest absolute Gasteiger partial charge is 0.163 e. The summed E-state index contributed by atoms with van der Waals surface area (Å²) in [7, 11) is 0. The van der Waals surface area contributed by atoms with Crippen molar-refractivity contribution in [2.75, 3.05) is 6.61 Å². The first-order chi connectivity index (χ1) is 8.16. The fourth-order valence-electron chi connectivity index (χ4n) is 2.07. The van der Waals surface area contributed by atoms with Crippen LogP contribution < -0.4 is 0 Å². The van der Waals surface area contributed by atoms with Gasteiger partial charge >= 0.3 is 0 Å². The number of carbonyl (C=O) groups is 1. The van der Waals surface area contributed by atoms with Crippen LogP contribution in [-0.4, -0.2) is 18.5 Å². The summed E-state index contributed by atoms with van der Waals surface area (Å²) < 4.78 is 6.52. The number of rotatable bonds is 4. The zero-order chi connectivity index (χ0) is 12.3. The van der Waals surface area contributed by atoms with Crippen molar-refractivity contribution < 1.29 is 9.53 Å². The first-order valence-corrected chi connectivity index (χ1v) is 6.87. The van der Waals surface area contributed by atoms with Crippen molar-refractivity contribution in [3.05, 3.63) is 33.8 Å². The van der Waals surface area contributed by atoms with E-state index in [9.17, 15) is 4.79 Å². The molecule has 2 rings (SSSR count). The molecule has 1 unspecified atom stereocenters. The van der Waals surface area contributed by atoms with Gasteiger partial charge in [0.1, 0.15) is 0 Å². The lowest BCUT2D eigenvalue weighted by molar-refractivity contribution is 0.0859. The van der Waals surface area contributed by atoms with Gasteiger partial charge in [-0.15, -0.1) is 0 Å². The Labute approximate surface area is 110 Å².